The van der Waals surface area contributed by atoms with Crippen LogP contribution in [0.2, 0.25) is 0 Å². The van der Waals surface area contributed by atoms with Crippen molar-refractivity contribution in [2.75, 3.05) is 12.9 Å². The van der Waals surface area contributed by atoms with Crippen LogP contribution in [0, 0.1) is 11.7 Å². The Morgan fingerprint density at radius 2 is 2.10 bits per heavy atom. The number of thioether (sulfide) groups is 1. The second-order valence-corrected chi connectivity index (χ2v) is 6.89. The van der Waals surface area contributed by atoms with Gasteiger partial charge in [0.25, 0.3) is 0 Å². The zero-order valence-corrected chi connectivity index (χ0v) is 12.9. The van der Waals surface area contributed by atoms with E-state index in [0.717, 1.165) is 25.7 Å². The van der Waals surface area contributed by atoms with Gasteiger partial charge >= 0.3 is 5.97 Å². The highest BCUT2D eigenvalue weighted by atomic mass is 32.2. The molecule has 114 valence electrons. The summed E-state index contributed by atoms with van der Waals surface area (Å²) in [5.41, 5.74) is -0.664. The Balaban J connectivity index is 1.77. The smallest absolute Gasteiger partial charge is 0.327 e. The maximum Gasteiger partial charge on any atom is 0.327 e. The monoisotopic (exact) mass is 309 g/mol. The van der Waals surface area contributed by atoms with Crippen LogP contribution in [-0.4, -0.2) is 30.4 Å². The number of ether oxygens (including phenoxy) is 1. The van der Waals surface area contributed by atoms with Gasteiger partial charge in [-0.25, -0.2) is 4.39 Å². The molecule has 3 rings (SSSR count). The number of benzene rings is 1. The average Bonchev–Trinajstić information content (AvgIpc) is 3.37. The molecular formula is C16H20FNO2S. The Morgan fingerprint density at radius 3 is 2.67 bits per heavy atom. The first-order valence-corrected chi connectivity index (χ1v) is 8.38. The molecule has 2 saturated carbocycles. The SMILES string of the molecule is COC(=O)C(CSc1ccccc1F)(NC1CC1)C1CC1. The number of esters is 1. The molecular weight excluding hydrogens is 289 g/mol. The molecule has 0 heterocycles. The first kappa shape index (κ1) is 14.9. The molecule has 0 amide bonds. The minimum Gasteiger partial charge on any atom is -0.468 e. The molecule has 2 fully saturated rings. The van der Waals surface area contributed by atoms with Gasteiger partial charge in [-0.3, -0.25) is 10.1 Å². The molecule has 1 aromatic rings. The molecule has 21 heavy (non-hydrogen) atoms. The summed E-state index contributed by atoms with van der Waals surface area (Å²) in [7, 11) is 1.43. The molecule has 0 saturated heterocycles. The van der Waals surface area contributed by atoms with Gasteiger partial charge < -0.3 is 4.74 Å². The highest BCUT2D eigenvalue weighted by Crippen LogP contribution is 2.45. The minimum atomic E-state index is -0.664. The lowest BCUT2D eigenvalue weighted by Crippen LogP contribution is -2.57. The van der Waals surface area contributed by atoms with E-state index in [1.807, 2.05) is 6.07 Å². The van der Waals surface area contributed by atoms with E-state index in [-0.39, 0.29) is 11.8 Å². The van der Waals surface area contributed by atoms with E-state index in [0.29, 0.717) is 22.6 Å². The van der Waals surface area contributed by atoms with Gasteiger partial charge in [0.1, 0.15) is 11.4 Å². The third-order valence-electron chi connectivity index (χ3n) is 4.15. The largest absolute Gasteiger partial charge is 0.468 e. The van der Waals surface area contributed by atoms with Crippen molar-refractivity contribution in [3.05, 3.63) is 30.1 Å². The Bertz CT molecular complexity index is 531. The molecule has 0 radical (unpaired) electrons. The Morgan fingerprint density at radius 1 is 1.38 bits per heavy atom. The highest BCUT2D eigenvalue weighted by molar-refractivity contribution is 7.99. The number of methoxy groups -OCH3 is 1. The predicted molar refractivity (Wildman–Crippen MR) is 80.8 cm³/mol. The van der Waals surface area contributed by atoms with Crippen LogP contribution in [0.5, 0.6) is 0 Å². The van der Waals surface area contributed by atoms with Crippen molar-refractivity contribution < 1.29 is 13.9 Å². The van der Waals surface area contributed by atoms with E-state index in [1.165, 1.54) is 24.9 Å². The summed E-state index contributed by atoms with van der Waals surface area (Å²) >= 11 is 1.40. The van der Waals surface area contributed by atoms with Crippen molar-refractivity contribution in [3.8, 4) is 0 Å². The number of hydrogen-bond donors (Lipinski definition) is 1. The second-order valence-electron chi connectivity index (χ2n) is 5.87. The van der Waals surface area contributed by atoms with Crippen LogP contribution in [0.1, 0.15) is 25.7 Å². The fraction of sp³-hybridized carbons (Fsp3) is 0.562. The zero-order valence-electron chi connectivity index (χ0n) is 12.1. The molecule has 2 aliphatic rings. The molecule has 1 unspecified atom stereocenters. The van der Waals surface area contributed by atoms with Crippen molar-refractivity contribution >= 4 is 17.7 Å². The number of carbonyl (C=O) groups excluding carboxylic acids is 1. The molecule has 5 heteroatoms. The lowest BCUT2D eigenvalue weighted by molar-refractivity contribution is -0.148. The molecule has 1 N–H and O–H groups in total. The van der Waals surface area contributed by atoms with Gasteiger partial charge in [0, 0.05) is 16.7 Å². The molecule has 0 bridgehead atoms. The third-order valence-corrected chi connectivity index (χ3v) is 5.40. The third kappa shape index (κ3) is 3.24. The molecule has 1 aromatic carbocycles. The van der Waals surface area contributed by atoms with Crippen LogP contribution < -0.4 is 5.32 Å². The summed E-state index contributed by atoms with van der Waals surface area (Å²) in [6.45, 7) is 0. The second kappa shape index (κ2) is 5.97. The fourth-order valence-electron chi connectivity index (χ4n) is 2.67. The van der Waals surface area contributed by atoms with Gasteiger partial charge in [0.2, 0.25) is 0 Å². The molecule has 0 spiro atoms. The van der Waals surface area contributed by atoms with E-state index in [4.69, 9.17) is 4.74 Å². The van der Waals surface area contributed by atoms with Crippen LogP contribution in [-0.2, 0) is 9.53 Å². The molecule has 1 atom stereocenters. The van der Waals surface area contributed by atoms with Crippen LogP contribution in [0.4, 0.5) is 4.39 Å². The molecule has 3 nitrogen and oxygen atoms in total. The predicted octanol–water partition coefficient (Wildman–Crippen LogP) is 2.99. The van der Waals surface area contributed by atoms with E-state index < -0.39 is 5.54 Å². The van der Waals surface area contributed by atoms with Gasteiger partial charge in [0.15, 0.2) is 0 Å². The van der Waals surface area contributed by atoms with Crippen molar-refractivity contribution in [1.29, 1.82) is 0 Å². The minimum absolute atomic E-state index is 0.208. The summed E-state index contributed by atoms with van der Waals surface area (Å²) in [4.78, 5) is 13.0. The molecule has 2 aliphatic carbocycles. The van der Waals surface area contributed by atoms with Crippen LogP contribution in [0.25, 0.3) is 0 Å². The van der Waals surface area contributed by atoms with Crippen molar-refractivity contribution in [1.82, 2.24) is 5.32 Å². The van der Waals surface area contributed by atoms with Gasteiger partial charge in [-0.2, -0.15) is 0 Å². The lowest BCUT2D eigenvalue weighted by Gasteiger charge is -2.32. The molecule has 0 aliphatic heterocycles. The van der Waals surface area contributed by atoms with Crippen molar-refractivity contribution in [2.24, 2.45) is 5.92 Å². The summed E-state index contributed by atoms with van der Waals surface area (Å²) in [5.74, 6) is 0.385. The lowest BCUT2D eigenvalue weighted by atomic mass is 9.95. The van der Waals surface area contributed by atoms with E-state index in [1.54, 1.807) is 12.1 Å². The van der Waals surface area contributed by atoms with Gasteiger partial charge in [0.05, 0.1) is 7.11 Å². The van der Waals surface area contributed by atoms with Crippen LogP contribution in [0.3, 0.4) is 0 Å². The number of nitrogens with one attached hydrogen (secondary N) is 1. The number of carbonyl (C=O) groups is 1. The summed E-state index contributed by atoms with van der Waals surface area (Å²) in [6, 6.07) is 7.11. The Labute approximate surface area is 128 Å². The number of rotatable bonds is 7. The first-order chi connectivity index (χ1) is 10.2. The quantitative estimate of drug-likeness (QED) is 0.621. The van der Waals surface area contributed by atoms with E-state index in [2.05, 4.69) is 5.32 Å². The zero-order chi connectivity index (χ0) is 14.9. The summed E-state index contributed by atoms with van der Waals surface area (Å²) in [5, 5.41) is 3.49. The maximum atomic E-state index is 13.8. The summed E-state index contributed by atoms with van der Waals surface area (Å²) < 4.78 is 18.8. The van der Waals surface area contributed by atoms with E-state index >= 15 is 0 Å². The number of hydrogen-bond acceptors (Lipinski definition) is 4. The summed E-state index contributed by atoms with van der Waals surface area (Å²) in [6.07, 6.45) is 4.28. The standard InChI is InChI=1S/C16H20FNO2S/c1-20-15(19)16(11-6-7-11,18-12-8-9-12)10-21-14-5-3-2-4-13(14)17/h2-5,11-12,18H,6-10H2,1H3. The fourth-order valence-corrected chi connectivity index (χ4v) is 3.87. The van der Waals surface area contributed by atoms with Crippen LogP contribution in [0.15, 0.2) is 29.2 Å². The van der Waals surface area contributed by atoms with Crippen molar-refractivity contribution in [2.45, 2.75) is 42.2 Å². The average molecular weight is 309 g/mol. The van der Waals surface area contributed by atoms with Gasteiger partial charge in [-0.05, 0) is 43.7 Å². The topological polar surface area (TPSA) is 38.3 Å². The number of halogens is 1. The first-order valence-electron chi connectivity index (χ1n) is 7.39. The van der Waals surface area contributed by atoms with Crippen LogP contribution >= 0.6 is 11.8 Å². The highest BCUT2D eigenvalue weighted by Gasteiger charge is 2.53. The molecule has 0 aromatic heterocycles. The maximum absolute atomic E-state index is 13.8. The van der Waals surface area contributed by atoms with E-state index in [9.17, 15) is 9.18 Å². The normalized spacial score (nSPS) is 20.9. The van der Waals surface area contributed by atoms with Crippen molar-refractivity contribution in [3.63, 3.8) is 0 Å². The Kier molecular flexibility index (Phi) is 4.22. The Hall–Kier alpha value is -1.07. The van der Waals surface area contributed by atoms with Gasteiger partial charge in [-0.1, -0.05) is 12.1 Å². The van der Waals surface area contributed by atoms with Gasteiger partial charge in [-0.15, -0.1) is 11.8 Å².